The zero-order chi connectivity index (χ0) is 21.9. The van der Waals surface area contributed by atoms with E-state index in [4.69, 9.17) is 4.98 Å². The number of nitrogens with one attached hydrogen (secondary N) is 2. The first-order valence-corrected chi connectivity index (χ1v) is 11.2. The smallest absolute Gasteiger partial charge is 0.255 e. The van der Waals surface area contributed by atoms with Crippen molar-refractivity contribution < 1.29 is 0 Å². The van der Waals surface area contributed by atoms with E-state index in [0.717, 1.165) is 51.4 Å². The Morgan fingerprint density at radius 3 is 2.41 bits per heavy atom. The van der Waals surface area contributed by atoms with Gasteiger partial charge in [-0.05, 0) is 29.8 Å². The molecule has 1 aromatic carbocycles. The van der Waals surface area contributed by atoms with Gasteiger partial charge in [0, 0.05) is 88.6 Å². The molecule has 1 unspecified atom stereocenters. The Labute approximate surface area is 187 Å². The molecule has 4 heterocycles. The minimum absolute atomic E-state index is 0.0581. The third kappa shape index (κ3) is 4.24. The molecule has 2 aromatic heterocycles. The van der Waals surface area contributed by atoms with Crippen LogP contribution in [-0.2, 0) is 7.05 Å². The molecule has 0 bridgehead atoms. The van der Waals surface area contributed by atoms with Gasteiger partial charge in [-0.25, -0.2) is 4.98 Å². The van der Waals surface area contributed by atoms with Crippen molar-refractivity contribution in [3.05, 3.63) is 70.8 Å². The molecule has 32 heavy (non-hydrogen) atoms. The summed E-state index contributed by atoms with van der Waals surface area (Å²) in [6, 6.07) is 14.4. The number of nitrogens with zero attached hydrogens (tertiary/aromatic N) is 5. The number of piperazine rings is 2. The summed E-state index contributed by atoms with van der Waals surface area (Å²) in [7, 11) is 1.79. The summed E-state index contributed by atoms with van der Waals surface area (Å²) in [6.45, 7) is 6.54. The van der Waals surface area contributed by atoms with Gasteiger partial charge in [-0.1, -0.05) is 12.1 Å². The number of anilines is 2. The second-order valence-corrected chi connectivity index (χ2v) is 8.36. The van der Waals surface area contributed by atoms with Gasteiger partial charge in [-0.3, -0.25) is 14.3 Å². The van der Waals surface area contributed by atoms with E-state index in [-0.39, 0.29) is 11.6 Å². The van der Waals surface area contributed by atoms with Crippen LogP contribution in [0.3, 0.4) is 0 Å². The Morgan fingerprint density at radius 1 is 0.938 bits per heavy atom. The molecule has 2 N–H and O–H groups in total. The van der Waals surface area contributed by atoms with E-state index in [1.54, 1.807) is 30.1 Å². The Morgan fingerprint density at radius 2 is 1.66 bits per heavy atom. The first kappa shape index (κ1) is 20.7. The number of hydrogen-bond donors (Lipinski definition) is 2. The highest BCUT2D eigenvalue weighted by Gasteiger charge is 2.24. The van der Waals surface area contributed by atoms with Crippen molar-refractivity contribution in [1.29, 1.82) is 0 Å². The quantitative estimate of drug-likeness (QED) is 0.647. The van der Waals surface area contributed by atoms with E-state index in [9.17, 15) is 4.79 Å². The van der Waals surface area contributed by atoms with E-state index in [0.29, 0.717) is 11.6 Å². The van der Waals surface area contributed by atoms with Gasteiger partial charge in [0.25, 0.3) is 5.56 Å². The molecule has 2 saturated heterocycles. The lowest BCUT2D eigenvalue weighted by molar-refractivity contribution is 0.462. The molecular weight excluding hydrogens is 402 g/mol. The van der Waals surface area contributed by atoms with Gasteiger partial charge in [-0.2, -0.15) is 0 Å². The van der Waals surface area contributed by atoms with Gasteiger partial charge in [0.05, 0.1) is 5.69 Å². The molecule has 2 fully saturated rings. The van der Waals surface area contributed by atoms with Gasteiger partial charge >= 0.3 is 0 Å². The van der Waals surface area contributed by atoms with Crippen LogP contribution < -0.4 is 26.0 Å². The van der Waals surface area contributed by atoms with E-state index in [2.05, 4.69) is 49.7 Å². The number of aromatic nitrogens is 3. The van der Waals surface area contributed by atoms with E-state index < -0.39 is 0 Å². The fourth-order valence-electron chi connectivity index (χ4n) is 4.48. The molecule has 0 aliphatic carbocycles. The minimum Gasteiger partial charge on any atom is -0.369 e. The van der Waals surface area contributed by atoms with Crippen LogP contribution in [-0.4, -0.2) is 60.3 Å². The summed E-state index contributed by atoms with van der Waals surface area (Å²) in [6.07, 6.45) is 3.44. The second kappa shape index (κ2) is 9.10. The second-order valence-electron chi connectivity index (χ2n) is 8.36. The van der Waals surface area contributed by atoms with Crippen molar-refractivity contribution in [1.82, 2.24) is 25.2 Å². The molecule has 166 valence electrons. The lowest BCUT2D eigenvalue weighted by Crippen LogP contribution is -2.47. The van der Waals surface area contributed by atoms with Crippen LogP contribution in [0.15, 0.2) is 59.7 Å². The third-order valence-electron chi connectivity index (χ3n) is 6.32. The molecule has 8 heteroatoms. The van der Waals surface area contributed by atoms with Crippen LogP contribution in [0.1, 0.15) is 11.6 Å². The number of hydrogen-bond acceptors (Lipinski definition) is 7. The molecule has 1 atom stereocenters. The van der Waals surface area contributed by atoms with Crippen molar-refractivity contribution >= 4 is 11.6 Å². The van der Waals surface area contributed by atoms with Crippen molar-refractivity contribution in [3.63, 3.8) is 0 Å². The molecule has 0 amide bonds. The first-order chi connectivity index (χ1) is 15.7. The Kier molecular flexibility index (Phi) is 5.87. The molecule has 0 radical (unpaired) electrons. The normalized spacial score (nSPS) is 19.2. The fraction of sp³-hybridized carbons (Fsp3) is 0.375. The summed E-state index contributed by atoms with van der Waals surface area (Å²) in [5.41, 5.74) is 4.05. The molecule has 0 spiro atoms. The van der Waals surface area contributed by atoms with Crippen LogP contribution in [0.4, 0.5) is 11.6 Å². The predicted molar refractivity (Wildman–Crippen MR) is 127 cm³/mol. The van der Waals surface area contributed by atoms with Gasteiger partial charge in [0.1, 0.15) is 0 Å². The number of benzene rings is 1. The number of rotatable bonds is 4. The van der Waals surface area contributed by atoms with Crippen molar-refractivity contribution in [2.24, 2.45) is 7.05 Å². The topological polar surface area (TPSA) is 78.3 Å². The van der Waals surface area contributed by atoms with E-state index in [1.807, 2.05) is 12.1 Å². The summed E-state index contributed by atoms with van der Waals surface area (Å²) >= 11 is 0. The number of pyridine rings is 1. The lowest BCUT2D eigenvalue weighted by atomic mass is 10.0. The summed E-state index contributed by atoms with van der Waals surface area (Å²) in [4.78, 5) is 26.2. The van der Waals surface area contributed by atoms with Crippen molar-refractivity contribution in [2.75, 3.05) is 55.6 Å². The van der Waals surface area contributed by atoms with Gasteiger partial charge < -0.3 is 20.4 Å². The van der Waals surface area contributed by atoms with Crippen LogP contribution >= 0.6 is 0 Å². The maximum Gasteiger partial charge on any atom is 0.255 e. The van der Waals surface area contributed by atoms with E-state index >= 15 is 0 Å². The highest BCUT2D eigenvalue weighted by molar-refractivity contribution is 5.59. The van der Waals surface area contributed by atoms with Crippen LogP contribution in [0.5, 0.6) is 0 Å². The first-order valence-electron chi connectivity index (χ1n) is 11.2. The SMILES string of the molecule is Cn1c(N2CCNC(c3ccc(N4CCNCC4)cc3)C2)nc(-c2ccncc2)cc1=O. The average Bonchev–Trinajstić information content (AvgIpc) is 2.87. The van der Waals surface area contributed by atoms with Crippen LogP contribution in [0.2, 0.25) is 0 Å². The molecule has 2 aliphatic rings. The van der Waals surface area contributed by atoms with Gasteiger partial charge in [0.15, 0.2) is 0 Å². The molecule has 8 nitrogen and oxygen atoms in total. The predicted octanol–water partition coefficient (Wildman–Crippen LogP) is 1.40. The maximum atomic E-state index is 12.7. The zero-order valence-electron chi connectivity index (χ0n) is 18.4. The van der Waals surface area contributed by atoms with Gasteiger partial charge in [0.2, 0.25) is 5.95 Å². The minimum atomic E-state index is -0.0581. The summed E-state index contributed by atoms with van der Waals surface area (Å²) in [5.74, 6) is 0.702. The van der Waals surface area contributed by atoms with Gasteiger partial charge in [-0.15, -0.1) is 0 Å². The standard InChI is InChI=1S/C24H29N7O/c1-29-23(32)16-21(19-6-8-25-9-7-19)28-24(29)31-15-12-27-22(17-31)18-2-4-20(5-3-18)30-13-10-26-11-14-30/h2-9,16,22,26-27H,10-15,17H2,1H3. The molecule has 5 rings (SSSR count). The third-order valence-corrected chi connectivity index (χ3v) is 6.32. The van der Waals surface area contributed by atoms with Crippen molar-refractivity contribution in [3.8, 4) is 11.3 Å². The molecular formula is C24H29N7O. The largest absolute Gasteiger partial charge is 0.369 e. The Hall–Kier alpha value is -3.23. The average molecular weight is 432 g/mol. The lowest BCUT2D eigenvalue weighted by Gasteiger charge is -2.35. The fourth-order valence-corrected chi connectivity index (χ4v) is 4.48. The maximum absolute atomic E-state index is 12.7. The highest BCUT2D eigenvalue weighted by Crippen LogP contribution is 2.25. The zero-order valence-corrected chi connectivity index (χ0v) is 18.4. The van der Waals surface area contributed by atoms with E-state index in [1.165, 1.54) is 11.3 Å². The van der Waals surface area contributed by atoms with Crippen LogP contribution in [0.25, 0.3) is 11.3 Å². The summed E-state index contributed by atoms with van der Waals surface area (Å²) < 4.78 is 1.64. The summed E-state index contributed by atoms with van der Waals surface area (Å²) in [5, 5.41) is 7.03. The Bertz CT molecular complexity index is 1110. The molecule has 3 aromatic rings. The van der Waals surface area contributed by atoms with Crippen molar-refractivity contribution in [2.45, 2.75) is 6.04 Å². The van der Waals surface area contributed by atoms with Crippen LogP contribution in [0, 0.1) is 0 Å². The Balaban J connectivity index is 1.37. The highest BCUT2D eigenvalue weighted by atomic mass is 16.1. The monoisotopic (exact) mass is 431 g/mol. The molecule has 0 saturated carbocycles. The molecule has 2 aliphatic heterocycles.